The fourth-order valence-electron chi connectivity index (χ4n) is 3.92. The van der Waals surface area contributed by atoms with Crippen LogP contribution in [-0.2, 0) is 14.6 Å². The van der Waals surface area contributed by atoms with E-state index in [9.17, 15) is 13.2 Å². The van der Waals surface area contributed by atoms with Gasteiger partial charge in [0.05, 0.1) is 17.0 Å². The Labute approximate surface area is 144 Å². The van der Waals surface area contributed by atoms with Crippen molar-refractivity contribution in [1.82, 2.24) is 10.6 Å². The first-order chi connectivity index (χ1) is 11.3. The number of sulfone groups is 1. The molecule has 1 saturated carbocycles. The van der Waals surface area contributed by atoms with Crippen LogP contribution in [0.15, 0.2) is 29.2 Å². The van der Waals surface area contributed by atoms with Gasteiger partial charge in [-0.3, -0.25) is 4.79 Å². The molecule has 3 rings (SSSR count). The molecule has 132 valence electrons. The molecule has 2 aliphatic rings. The molecular formula is C18H26N2O3S. The molecule has 4 atom stereocenters. The van der Waals surface area contributed by atoms with E-state index in [4.69, 9.17) is 0 Å². The quantitative estimate of drug-likeness (QED) is 0.873. The summed E-state index contributed by atoms with van der Waals surface area (Å²) >= 11 is 0. The second kappa shape index (κ2) is 6.84. The predicted octanol–water partition coefficient (Wildman–Crippen LogP) is 2.19. The molecular weight excluding hydrogens is 324 g/mol. The molecule has 4 unspecified atom stereocenters. The number of amides is 1. The Kier molecular flexibility index (Phi) is 4.97. The molecule has 24 heavy (non-hydrogen) atoms. The van der Waals surface area contributed by atoms with Gasteiger partial charge in [0.15, 0.2) is 9.84 Å². The summed E-state index contributed by atoms with van der Waals surface area (Å²) in [5, 5.41) is 6.54. The van der Waals surface area contributed by atoms with Crippen molar-refractivity contribution in [2.24, 2.45) is 5.92 Å². The standard InChI is InChI=1S/C18H26N2O3S/c1-12(13-7-9-15(10-8-13)24(2,22)23)19-18(21)17-11-14-5-3-4-6-16(14)20-17/h7-10,12,14,16-17,20H,3-6,11H2,1-2H3,(H,19,21). The van der Waals surface area contributed by atoms with Crippen LogP contribution in [0.4, 0.5) is 0 Å². The van der Waals surface area contributed by atoms with Crippen LogP contribution in [0.2, 0.25) is 0 Å². The molecule has 1 saturated heterocycles. The Morgan fingerprint density at radius 1 is 1.21 bits per heavy atom. The van der Waals surface area contributed by atoms with E-state index < -0.39 is 9.84 Å². The Bertz CT molecular complexity index is 685. The highest BCUT2D eigenvalue weighted by molar-refractivity contribution is 7.90. The zero-order chi connectivity index (χ0) is 17.3. The van der Waals surface area contributed by atoms with E-state index in [2.05, 4.69) is 10.6 Å². The van der Waals surface area contributed by atoms with Crippen LogP contribution in [-0.4, -0.2) is 32.7 Å². The van der Waals surface area contributed by atoms with Gasteiger partial charge in [0.1, 0.15) is 0 Å². The molecule has 1 aliphatic heterocycles. The van der Waals surface area contributed by atoms with Crippen molar-refractivity contribution >= 4 is 15.7 Å². The van der Waals surface area contributed by atoms with Crippen molar-refractivity contribution in [3.8, 4) is 0 Å². The first kappa shape index (κ1) is 17.4. The van der Waals surface area contributed by atoms with Crippen molar-refractivity contribution in [1.29, 1.82) is 0 Å². The lowest BCUT2D eigenvalue weighted by Crippen LogP contribution is -2.43. The third-order valence-corrected chi connectivity index (χ3v) is 6.47. The molecule has 1 amide bonds. The van der Waals surface area contributed by atoms with E-state index in [1.807, 2.05) is 6.92 Å². The summed E-state index contributed by atoms with van der Waals surface area (Å²) in [7, 11) is -3.19. The number of hydrogen-bond donors (Lipinski definition) is 2. The number of carbonyl (C=O) groups is 1. The number of hydrogen-bond acceptors (Lipinski definition) is 4. The van der Waals surface area contributed by atoms with E-state index in [1.54, 1.807) is 24.3 Å². The Morgan fingerprint density at radius 3 is 2.50 bits per heavy atom. The molecule has 0 spiro atoms. The third-order valence-electron chi connectivity index (χ3n) is 5.35. The molecule has 0 aromatic heterocycles. The van der Waals surface area contributed by atoms with Gasteiger partial charge >= 0.3 is 0 Å². The Morgan fingerprint density at radius 2 is 1.88 bits per heavy atom. The van der Waals surface area contributed by atoms with Crippen LogP contribution < -0.4 is 10.6 Å². The normalized spacial score (nSPS) is 28.2. The van der Waals surface area contributed by atoms with Gasteiger partial charge < -0.3 is 10.6 Å². The first-order valence-corrected chi connectivity index (χ1v) is 10.6. The zero-order valence-electron chi connectivity index (χ0n) is 14.3. The van der Waals surface area contributed by atoms with Crippen LogP contribution in [0.5, 0.6) is 0 Å². The maximum Gasteiger partial charge on any atom is 0.237 e. The topological polar surface area (TPSA) is 75.3 Å². The van der Waals surface area contributed by atoms with Crippen LogP contribution in [0.3, 0.4) is 0 Å². The molecule has 1 aliphatic carbocycles. The number of benzene rings is 1. The molecule has 1 heterocycles. The Balaban J connectivity index is 1.60. The predicted molar refractivity (Wildman–Crippen MR) is 93.4 cm³/mol. The fraction of sp³-hybridized carbons (Fsp3) is 0.611. The van der Waals surface area contributed by atoms with Crippen LogP contribution in [0, 0.1) is 5.92 Å². The Hall–Kier alpha value is -1.40. The van der Waals surface area contributed by atoms with E-state index in [0.717, 1.165) is 12.0 Å². The van der Waals surface area contributed by atoms with Gasteiger partial charge in [-0.15, -0.1) is 0 Å². The molecule has 2 N–H and O–H groups in total. The monoisotopic (exact) mass is 350 g/mol. The third kappa shape index (κ3) is 3.81. The number of fused-ring (bicyclic) bond motifs is 1. The smallest absolute Gasteiger partial charge is 0.237 e. The molecule has 6 heteroatoms. The van der Waals surface area contributed by atoms with E-state index >= 15 is 0 Å². The lowest BCUT2D eigenvalue weighted by molar-refractivity contribution is -0.123. The van der Waals surface area contributed by atoms with E-state index in [0.29, 0.717) is 16.9 Å². The minimum Gasteiger partial charge on any atom is -0.348 e. The average Bonchev–Trinajstić information content (AvgIpc) is 2.98. The maximum absolute atomic E-state index is 12.5. The van der Waals surface area contributed by atoms with Crippen molar-refractivity contribution in [3.05, 3.63) is 29.8 Å². The lowest BCUT2D eigenvalue weighted by atomic mass is 9.85. The van der Waals surface area contributed by atoms with Gasteiger partial charge in [-0.25, -0.2) is 8.42 Å². The SMILES string of the molecule is CC(NC(=O)C1CC2CCCCC2N1)c1ccc(S(C)(=O)=O)cc1. The summed E-state index contributed by atoms with van der Waals surface area (Å²) in [5.74, 6) is 0.683. The highest BCUT2D eigenvalue weighted by Crippen LogP contribution is 2.33. The number of nitrogens with one attached hydrogen (secondary N) is 2. The summed E-state index contributed by atoms with van der Waals surface area (Å²) in [6, 6.07) is 6.97. The minimum absolute atomic E-state index is 0.0455. The summed E-state index contributed by atoms with van der Waals surface area (Å²) in [5.41, 5.74) is 0.908. The summed E-state index contributed by atoms with van der Waals surface area (Å²) in [6.45, 7) is 1.93. The highest BCUT2D eigenvalue weighted by atomic mass is 32.2. The molecule has 0 bridgehead atoms. The maximum atomic E-state index is 12.5. The van der Waals surface area contributed by atoms with Crippen molar-refractivity contribution in [3.63, 3.8) is 0 Å². The van der Waals surface area contributed by atoms with Crippen LogP contribution >= 0.6 is 0 Å². The number of carbonyl (C=O) groups excluding carboxylic acids is 1. The highest BCUT2D eigenvalue weighted by Gasteiger charge is 2.38. The zero-order valence-corrected chi connectivity index (χ0v) is 15.1. The minimum atomic E-state index is -3.19. The molecule has 1 aromatic rings. The van der Waals surface area contributed by atoms with Gasteiger partial charge in [-0.05, 0) is 49.8 Å². The van der Waals surface area contributed by atoms with Crippen LogP contribution in [0.1, 0.15) is 50.6 Å². The van der Waals surface area contributed by atoms with E-state index in [-0.39, 0.29) is 18.0 Å². The molecule has 1 aromatic carbocycles. The second-order valence-electron chi connectivity index (χ2n) is 7.18. The van der Waals surface area contributed by atoms with E-state index in [1.165, 1.54) is 31.9 Å². The van der Waals surface area contributed by atoms with Crippen molar-refractivity contribution in [2.75, 3.05) is 6.26 Å². The number of rotatable bonds is 4. The van der Waals surface area contributed by atoms with Gasteiger partial charge in [-0.2, -0.15) is 0 Å². The van der Waals surface area contributed by atoms with Gasteiger partial charge in [0, 0.05) is 12.3 Å². The average molecular weight is 350 g/mol. The van der Waals surface area contributed by atoms with Crippen LogP contribution in [0.25, 0.3) is 0 Å². The summed E-state index contributed by atoms with van der Waals surface area (Å²) in [6.07, 6.45) is 7.06. The van der Waals surface area contributed by atoms with Gasteiger partial charge in [-0.1, -0.05) is 25.0 Å². The fourth-order valence-corrected chi connectivity index (χ4v) is 4.55. The largest absolute Gasteiger partial charge is 0.348 e. The second-order valence-corrected chi connectivity index (χ2v) is 9.19. The summed E-state index contributed by atoms with van der Waals surface area (Å²) in [4.78, 5) is 12.8. The molecule has 2 fully saturated rings. The summed E-state index contributed by atoms with van der Waals surface area (Å²) < 4.78 is 23.0. The van der Waals surface area contributed by atoms with Crippen molar-refractivity contribution in [2.45, 2.75) is 62.0 Å². The van der Waals surface area contributed by atoms with Gasteiger partial charge in [0.25, 0.3) is 0 Å². The lowest BCUT2D eigenvalue weighted by Gasteiger charge is -2.24. The van der Waals surface area contributed by atoms with Gasteiger partial charge in [0.2, 0.25) is 5.91 Å². The first-order valence-electron chi connectivity index (χ1n) is 8.71. The molecule has 5 nitrogen and oxygen atoms in total. The van der Waals surface area contributed by atoms with Crippen molar-refractivity contribution < 1.29 is 13.2 Å². The molecule has 0 radical (unpaired) electrons.